The predicted molar refractivity (Wildman–Crippen MR) is 123 cm³/mol. The van der Waals surface area contributed by atoms with E-state index in [-0.39, 0.29) is 23.3 Å². The second-order valence-corrected chi connectivity index (χ2v) is 8.37. The highest BCUT2D eigenvalue weighted by atomic mass is 19.3. The smallest absolute Gasteiger partial charge is 0.387 e. The molecule has 1 amide bonds. The van der Waals surface area contributed by atoms with Gasteiger partial charge in [0.15, 0.2) is 0 Å². The normalized spacial score (nSPS) is 19.8. The molecule has 7 nitrogen and oxygen atoms in total. The van der Waals surface area contributed by atoms with Crippen molar-refractivity contribution in [2.45, 2.75) is 32.0 Å². The standard InChI is InChI=1S/C26H19F2N5O2/c1-14-12-30-16(13-29-14)8-6-15-7-9-18-19(10-15)33-20-11-21(24(33)31-18)32(2)25(34)17-4-3-5-22(23(17)20)35-26(27)28/h3-5,7,9-10,12-13,20-21,26H,11H2,1-2H3/t20-,21-/m1/s1/i2D3. The van der Waals surface area contributed by atoms with Crippen LogP contribution in [-0.4, -0.2) is 43.9 Å². The van der Waals surface area contributed by atoms with Crippen molar-refractivity contribution in [2.24, 2.45) is 0 Å². The third kappa shape index (κ3) is 3.41. The fourth-order valence-electron chi connectivity index (χ4n) is 4.78. The Morgan fingerprint density at radius 1 is 1.17 bits per heavy atom. The van der Waals surface area contributed by atoms with E-state index >= 15 is 0 Å². The molecule has 0 saturated heterocycles. The van der Waals surface area contributed by atoms with Crippen molar-refractivity contribution in [1.82, 2.24) is 24.4 Å². The Morgan fingerprint density at radius 3 is 2.83 bits per heavy atom. The number of alkyl halides is 2. The van der Waals surface area contributed by atoms with E-state index < -0.39 is 31.6 Å². The second kappa shape index (κ2) is 7.87. The molecule has 9 heteroatoms. The fourth-order valence-corrected chi connectivity index (χ4v) is 4.78. The number of nitrogens with zero attached hydrogens (tertiary/aromatic N) is 5. The number of ether oxygens (including phenoxy) is 1. The fraction of sp³-hybridized carbons (Fsp3) is 0.231. The molecule has 0 fully saturated rings. The van der Waals surface area contributed by atoms with Gasteiger partial charge in [0.1, 0.15) is 17.3 Å². The van der Waals surface area contributed by atoms with Gasteiger partial charge in [0.05, 0.1) is 35.0 Å². The van der Waals surface area contributed by atoms with Crippen LogP contribution < -0.4 is 4.74 Å². The van der Waals surface area contributed by atoms with Crippen molar-refractivity contribution in [3.05, 3.63) is 82.7 Å². The third-order valence-electron chi connectivity index (χ3n) is 6.27. The Kier molecular flexibility index (Phi) is 4.06. The van der Waals surface area contributed by atoms with Crippen molar-refractivity contribution < 1.29 is 22.4 Å². The first kappa shape index (κ1) is 18.1. The van der Waals surface area contributed by atoms with Gasteiger partial charge >= 0.3 is 6.61 Å². The Balaban J connectivity index is 1.55. The van der Waals surface area contributed by atoms with Crippen LogP contribution in [0.1, 0.15) is 61.3 Å². The predicted octanol–water partition coefficient (Wildman–Crippen LogP) is 4.26. The van der Waals surface area contributed by atoms with E-state index in [4.69, 9.17) is 8.85 Å². The number of hydrogen-bond acceptors (Lipinski definition) is 5. The zero-order valence-electron chi connectivity index (χ0n) is 21.4. The molecule has 35 heavy (non-hydrogen) atoms. The zero-order valence-corrected chi connectivity index (χ0v) is 18.4. The van der Waals surface area contributed by atoms with Crippen molar-refractivity contribution >= 4 is 16.9 Å². The molecule has 2 bridgehead atoms. The van der Waals surface area contributed by atoms with Gasteiger partial charge in [-0.1, -0.05) is 12.0 Å². The van der Waals surface area contributed by atoms with Gasteiger partial charge in [0.25, 0.3) is 5.91 Å². The van der Waals surface area contributed by atoms with Crippen molar-refractivity contribution in [3.63, 3.8) is 0 Å². The van der Waals surface area contributed by atoms with E-state index in [0.717, 1.165) is 10.6 Å². The summed E-state index contributed by atoms with van der Waals surface area (Å²) in [4.78, 5) is 27.4. The highest BCUT2D eigenvalue weighted by molar-refractivity contribution is 5.97. The number of amides is 1. The molecule has 174 valence electrons. The zero-order chi connectivity index (χ0) is 26.8. The number of carbonyl (C=O) groups excluding carboxylic acids is 1. The van der Waals surface area contributed by atoms with Crippen LogP contribution >= 0.6 is 0 Å². The van der Waals surface area contributed by atoms with Crippen molar-refractivity contribution in [2.75, 3.05) is 6.98 Å². The topological polar surface area (TPSA) is 73.1 Å². The molecule has 2 aromatic heterocycles. The molecule has 0 aliphatic carbocycles. The highest BCUT2D eigenvalue weighted by Crippen LogP contribution is 2.49. The van der Waals surface area contributed by atoms with Gasteiger partial charge in [-0.15, -0.1) is 0 Å². The molecular formula is C26H19F2N5O2. The molecule has 0 unspecified atom stereocenters. The largest absolute Gasteiger partial charge is 0.434 e. The molecule has 0 spiro atoms. The number of aromatic nitrogens is 4. The Bertz CT molecular complexity index is 1660. The quantitative estimate of drug-likeness (QED) is 0.406. The van der Waals surface area contributed by atoms with Crippen LogP contribution in [0.2, 0.25) is 0 Å². The molecule has 2 aliphatic rings. The van der Waals surface area contributed by atoms with Crippen LogP contribution in [-0.2, 0) is 0 Å². The van der Waals surface area contributed by atoms with Crippen LogP contribution in [0.15, 0.2) is 48.8 Å². The van der Waals surface area contributed by atoms with Crippen LogP contribution in [0.5, 0.6) is 5.75 Å². The van der Waals surface area contributed by atoms with Crippen LogP contribution in [0.4, 0.5) is 8.78 Å². The summed E-state index contributed by atoms with van der Waals surface area (Å²) in [5.74, 6) is 5.42. The summed E-state index contributed by atoms with van der Waals surface area (Å²) in [6.45, 7) is -4.08. The molecule has 6 rings (SSSR count). The maximum atomic E-state index is 13.5. The lowest BCUT2D eigenvalue weighted by Crippen LogP contribution is -2.30. The van der Waals surface area contributed by atoms with Crippen LogP contribution in [0, 0.1) is 18.8 Å². The average molecular weight is 474 g/mol. The number of fused-ring (bicyclic) bond motifs is 9. The maximum Gasteiger partial charge on any atom is 0.387 e. The van der Waals surface area contributed by atoms with Gasteiger partial charge in [-0.3, -0.25) is 9.78 Å². The number of imidazole rings is 1. The highest BCUT2D eigenvalue weighted by Gasteiger charge is 2.44. The number of rotatable bonds is 2. The molecule has 4 aromatic rings. The summed E-state index contributed by atoms with van der Waals surface area (Å²) in [7, 11) is 0. The van der Waals surface area contributed by atoms with Gasteiger partial charge in [-0.25, -0.2) is 9.97 Å². The van der Waals surface area contributed by atoms with Crippen LogP contribution in [0.3, 0.4) is 0 Å². The summed E-state index contributed by atoms with van der Waals surface area (Å²) >= 11 is 0. The van der Waals surface area contributed by atoms with Crippen LogP contribution in [0.25, 0.3) is 11.0 Å². The van der Waals surface area contributed by atoms with Crippen molar-refractivity contribution in [1.29, 1.82) is 0 Å². The number of aryl methyl sites for hydroxylation is 1. The lowest BCUT2D eigenvalue weighted by molar-refractivity contribution is -0.0507. The molecule has 0 saturated carbocycles. The first-order chi connectivity index (χ1) is 18.1. The molecule has 0 N–H and O–H groups in total. The van der Waals surface area contributed by atoms with Gasteiger partial charge in [0, 0.05) is 40.4 Å². The van der Waals surface area contributed by atoms with Gasteiger partial charge < -0.3 is 14.2 Å². The number of hydrogen-bond donors (Lipinski definition) is 0. The van der Waals surface area contributed by atoms with E-state index in [1.54, 1.807) is 35.2 Å². The van der Waals surface area contributed by atoms with E-state index in [1.807, 2.05) is 6.92 Å². The lowest BCUT2D eigenvalue weighted by atomic mass is 9.97. The minimum absolute atomic E-state index is 0.00756. The number of benzene rings is 2. The number of carbonyl (C=O) groups is 1. The minimum atomic E-state index is -3.12. The van der Waals surface area contributed by atoms with Crippen molar-refractivity contribution in [3.8, 4) is 17.6 Å². The monoisotopic (exact) mass is 474 g/mol. The van der Waals surface area contributed by atoms with E-state index in [0.29, 0.717) is 28.1 Å². The van der Waals surface area contributed by atoms with E-state index in [1.165, 1.54) is 18.2 Å². The summed E-state index contributed by atoms with van der Waals surface area (Å²) in [6.07, 6.45) is 3.34. The molecule has 2 atom stereocenters. The maximum absolute atomic E-state index is 13.5. The van der Waals surface area contributed by atoms with E-state index in [9.17, 15) is 13.6 Å². The average Bonchev–Trinajstić information content (AvgIpc) is 3.35. The Labute approximate surface area is 203 Å². The van der Waals surface area contributed by atoms with Gasteiger partial charge in [0.2, 0.25) is 0 Å². The Hall–Kier alpha value is -4.32. The SMILES string of the molecule is [2H]C([2H])([2H])N1C(=O)c2cccc(OC(F)F)c2[C@H]2C[C@@H]1c1nc3ccc(C#Cc4cnc(C)cn4)cc3n12. The minimum Gasteiger partial charge on any atom is -0.434 e. The summed E-state index contributed by atoms with van der Waals surface area (Å²) < 4.78 is 57.6. The lowest BCUT2D eigenvalue weighted by Gasteiger charge is -2.24. The van der Waals surface area contributed by atoms with Gasteiger partial charge in [-0.2, -0.15) is 8.78 Å². The second-order valence-electron chi connectivity index (χ2n) is 8.37. The summed E-state index contributed by atoms with van der Waals surface area (Å²) in [6, 6.07) is 7.97. The molecular weight excluding hydrogens is 452 g/mol. The third-order valence-corrected chi connectivity index (χ3v) is 6.27. The molecule has 0 radical (unpaired) electrons. The van der Waals surface area contributed by atoms with E-state index in [2.05, 4.69) is 26.8 Å². The number of halogens is 2. The molecule has 4 heterocycles. The Morgan fingerprint density at radius 2 is 2.06 bits per heavy atom. The summed E-state index contributed by atoms with van der Waals surface area (Å²) in [5.41, 5.74) is 3.32. The van der Waals surface area contributed by atoms with Gasteiger partial charge in [-0.05, 0) is 43.2 Å². The first-order valence-corrected chi connectivity index (χ1v) is 10.9. The molecule has 2 aliphatic heterocycles. The summed E-state index contributed by atoms with van der Waals surface area (Å²) in [5, 5.41) is 0. The molecule has 2 aromatic carbocycles. The first-order valence-electron chi connectivity index (χ1n) is 12.4.